The first-order valence-electron chi connectivity index (χ1n) is 9.40. The predicted molar refractivity (Wildman–Crippen MR) is 105 cm³/mol. The van der Waals surface area contributed by atoms with E-state index in [0.29, 0.717) is 31.4 Å². The Morgan fingerprint density at radius 3 is 2.92 bits per heavy atom. The SMILES string of the molecule is COCC(O)CN(CCC(C)C)Cc1nc2sc3c(c2c(=O)[nH]1)CCC3. The van der Waals surface area contributed by atoms with Gasteiger partial charge in [-0.1, -0.05) is 13.8 Å². The molecule has 0 saturated heterocycles. The number of H-pyrrole nitrogens is 1. The van der Waals surface area contributed by atoms with Gasteiger partial charge in [0.1, 0.15) is 10.7 Å². The van der Waals surface area contributed by atoms with Crippen molar-refractivity contribution in [2.24, 2.45) is 5.92 Å². The first kappa shape index (κ1) is 19.5. The van der Waals surface area contributed by atoms with E-state index in [0.717, 1.165) is 42.4 Å². The molecule has 144 valence electrons. The number of aryl methyl sites for hydroxylation is 2. The highest BCUT2D eigenvalue weighted by molar-refractivity contribution is 7.18. The molecule has 2 aromatic rings. The lowest BCUT2D eigenvalue weighted by Crippen LogP contribution is -2.36. The van der Waals surface area contributed by atoms with E-state index >= 15 is 0 Å². The average Bonchev–Trinajstić information content (AvgIpc) is 3.13. The van der Waals surface area contributed by atoms with Gasteiger partial charge in [-0.05, 0) is 43.7 Å². The van der Waals surface area contributed by atoms with Crippen LogP contribution < -0.4 is 5.56 Å². The van der Waals surface area contributed by atoms with Gasteiger partial charge >= 0.3 is 0 Å². The predicted octanol–water partition coefficient (Wildman–Crippen LogP) is 2.33. The third-order valence-electron chi connectivity index (χ3n) is 4.85. The molecule has 6 nitrogen and oxygen atoms in total. The van der Waals surface area contributed by atoms with Crippen LogP contribution in [0.15, 0.2) is 4.79 Å². The van der Waals surface area contributed by atoms with Crippen LogP contribution in [0.4, 0.5) is 0 Å². The summed E-state index contributed by atoms with van der Waals surface area (Å²) in [6.07, 6.45) is 3.67. The number of aromatic amines is 1. The van der Waals surface area contributed by atoms with Crippen molar-refractivity contribution in [1.29, 1.82) is 0 Å². The summed E-state index contributed by atoms with van der Waals surface area (Å²) in [7, 11) is 1.59. The maximum absolute atomic E-state index is 12.6. The van der Waals surface area contributed by atoms with E-state index in [4.69, 9.17) is 9.72 Å². The van der Waals surface area contributed by atoms with Gasteiger partial charge < -0.3 is 14.8 Å². The number of thiophene rings is 1. The molecule has 2 N–H and O–H groups in total. The molecule has 0 saturated carbocycles. The number of hydrogen-bond donors (Lipinski definition) is 2. The zero-order valence-electron chi connectivity index (χ0n) is 15.9. The first-order chi connectivity index (χ1) is 12.5. The molecule has 0 radical (unpaired) electrons. The summed E-state index contributed by atoms with van der Waals surface area (Å²) in [6.45, 7) is 6.55. The molecule has 26 heavy (non-hydrogen) atoms. The summed E-state index contributed by atoms with van der Waals surface area (Å²) >= 11 is 1.66. The van der Waals surface area contributed by atoms with Crippen LogP contribution in [-0.4, -0.2) is 52.9 Å². The van der Waals surface area contributed by atoms with Crippen molar-refractivity contribution in [3.05, 3.63) is 26.6 Å². The van der Waals surface area contributed by atoms with Crippen molar-refractivity contribution >= 4 is 21.6 Å². The van der Waals surface area contributed by atoms with E-state index in [1.165, 1.54) is 10.4 Å². The van der Waals surface area contributed by atoms with Crippen LogP contribution >= 0.6 is 11.3 Å². The number of aliphatic hydroxyl groups is 1. The Balaban J connectivity index is 1.79. The molecular formula is C19H29N3O3S. The number of nitrogens with zero attached hydrogens (tertiary/aromatic N) is 2. The number of ether oxygens (including phenoxy) is 1. The molecule has 0 fully saturated rings. The summed E-state index contributed by atoms with van der Waals surface area (Å²) in [5.41, 5.74) is 1.18. The van der Waals surface area contributed by atoms with E-state index in [-0.39, 0.29) is 5.56 Å². The van der Waals surface area contributed by atoms with E-state index in [9.17, 15) is 9.90 Å². The van der Waals surface area contributed by atoms with Crippen molar-refractivity contribution in [2.45, 2.75) is 52.2 Å². The van der Waals surface area contributed by atoms with Gasteiger partial charge in [-0.25, -0.2) is 4.98 Å². The van der Waals surface area contributed by atoms with Crippen LogP contribution in [-0.2, 0) is 24.1 Å². The lowest BCUT2D eigenvalue weighted by Gasteiger charge is -2.25. The van der Waals surface area contributed by atoms with Gasteiger partial charge in [-0.2, -0.15) is 0 Å². The van der Waals surface area contributed by atoms with Crippen molar-refractivity contribution in [3.8, 4) is 0 Å². The fourth-order valence-corrected chi connectivity index (χ4v) is 4.83. The van der Waals surface area contributed by atoms with Crippen molar-refractivity contribution in [3.63, 3.8) is 0 Å². The molecule has 0 aliphatic heterocycles. The average molecular weight is 380 g/mol. The Bertz CT molecular complexity index is 799. The summed E-state index contributed by atoms with van der Waals surface area (Å²) in [5.74, 6) is 1.25. The van der Waals surface area contributed by atoms with E-state index in [1.54, 1.807) is 18.4 Å². The molecule has 1 aliphatic carbocycles. The quantitative estimate of drug-likeness (QED) is 0.699. The maximum Gasteiger partial charge on any atom is 0.259 e. The Kier molecular flexibility index (Phi) is 6.45. The summed E-state index contributed by atoms with van der Waals surface area (Å²) < 4.78 is 5.04. The minimum absolute atomic E-state index is 0.0225. The highest BCUT2D eigenvalue weighted by Crippen LogP contribution is 2.34. The number of rotatable bonds is 9. The summed E-state index contributed by atoms with van der Waals surface area (Å²) in [6, 6.07) is 0. The highest BCUT2D eigenvalue weighted by atomic mass is 32.1. The molecule has 2 heterocycles. The van der Waals surface area contributed by atoms with Crippen molar-refractivity contribution < 1.29 is 9.84 Å². The van der Waals surface area contributed by atoms with Crippen LogP contribution in [0.3, 0.4) is 0 Å². The smallest absolute Gasteiger partial charge is 0.259 e. The fraction of sp³-hybridized carbons (Fsp3) is 0.684. The summed E-state index contributed by atoms with van der Waals surface area (Å²) in [4.78, 5) is 24.6. The Labute approximate surface area is 158 Å². The fourth-order valence-electron chi connectivity index (χ4n) is 3.55. The van der Waals surface area contributed by atoms with Gasteiger partial charge in [-0.3, -0.25) is 9.69 Å². The van der Waals surface area contributed by atoms with Gasteiger partial charge in [-0.15, -0.1) is 11.3 Å². The largest absolute Gasteiger partial charge is 0.389 e. The molecule has 0 bridgehead atoms. The highest BCUT2D eigenvalue weighted by Gasteiger charge is 2.22. The number of aliphatic hydroxyl groups excluding tert-OH is 1. The van der Waals surface area contributed by atoms with Crippen LogP contribution in [0.1, 0.15) is 43.0 Å². The van der Waals surface area contributed by atoms with Gasteiger partial charge in [0.2, 0.25) is 0 Å². The Morgan fingerprint density at radius 2 is 2.19 bits per heavy atom. The second kappa shape index (κ2) is 8.61. The van der Waals surface area contributed by atoms with Gasteiger partial charge in [0.15, 0.2) is 0 Å². The normalized spacial score (nSPS) is 15.3. The standard InChI is InChI=1S/C19H29N3O3S/c1-12(2)7-8-22(9-13(23)11-25-3)10-16-20-18(24)17-14-5-4-6-15(14)26-19(17)21-16/h12-13,23H,4-11H2,1-3H3,(H,20,21,24). The third-order valence-corrected chi connectivity index (χ3v) is 6.03. The van der Waals surface area contributed by atoms with Crippen molar-refractivity contribution in [2.75, 3.05) is 26.8 Å². The maximum atomic E-state index is 12.6. The second-order valence-corrected chi connectivity index (χ2v) is 8.66. The molecule has 2 aromatic heterocycles. The Morgan fingerprint density at radius 1 is 1.38 bits per heavy atom. The molecule has 1 unspecified atom stereocenters. The van der Waals surface area contributed by atoms with E-state index in [2.05, 4.69) is 23.7 Å². The monoisotopic (exact) mass is 379 g/mol. The molecule has 0 spiro atoms. The number of methoxy groups -OCH3 is 1. The number of fused-ring (bicyclic) bond motifs is 3. The van der Waals surface area contributed by atoms with Crippen LogP contribution in [0.25, 0.3) is 10.2 Å². The van der Waals surface area contributed by atoms with Gasteiger partial charge in [0.25, 0.3) is 5.56 Å². The number of aromatic nitrogens is 2. The molecule has 3 rings (SSSR count). The Hall–Kier alpha value is -1.28. The van der Waals surface area contributed by atoms with Crippen molar-refractivity contribution in [1.82, 2.24) is 14.9 Å². The minimum atomic E-state index is -0.548. The minimum Gasteiger partial charge on any atom is -0.389 e. The van der Waals surface area contributed by atoms with E-state index < -0.39 is 6.10 Å². The molecule has 1 atom stereocenters. The molecule has 0 amide bonds. The summed E-state index contributed by atoms with van der Waals surface area (Å²) in [5, 5.41) is 10.9. The van der Waals surface area contributed by atoms with Crippen LogP contribution in [0.2, 0.25) is 0 Å². The topological polar surface area (TPSA) is 78.5 Å². The lowest BCUT2D eigenvalue weighted by atomic mass is 10.1. The number of nitrogens with one attached hydrogen (secondary N) is 1. The van der Waals surface area contributed by atoms with Gasteiger partial charge in [0, 0.05) is 18.5 Å². The molecule has 1 aliphatic rings. The number of hydrogen-bond acceptors (Lipinski definition) is 6. The second-order valence-electron chi connectivity index (χ2n) is 7.58. The van der Waals surface area contributed by atoms with Crippen LogP contribution in [0, 0.1) is 5.92 Å². The zero-order valence-corrected chi connectivity index (χ0v) is 16.7. The molecule has 0 aromatic carbocycles. The van der Waals surface area contributed by atoms with E-state index in [1.807, 2.05) is 0 Å². The zero-order chi connectivity index (χ0) is 18.7. The first-order valence-corrected chi connectivity index (χ1v) is 10.2. The molecule has 7 heteroatoms. The molecular weight excluding hydrogens is 350 g/mol. The third kappa shape index (κ3) is 4.52. The van der Waals surface area contributed by atoms with Gasteiger partial charge in [0.05, 0.1) is 24.6 Å². The lowest BCUT2D eigenvalue weighted by molar-refractivity contribution is 0.0342. The van der Waals surface area contributed by atoms with Crippen LogP contribution in [0.5, 0.6) is 0 Å².